The molecular weight excluding hydrogens is 382 g/mol. The Balaban J connectivity index is 3.25. The Morgan fingerprint density at radius 1 is 0.893 bits per heavy atom. The van der Waals surface area contributed by atoms with Crippen LogP contribution < -0.4 is 0 Å². The Labute approximate surface area is 160 Å². The van der Waals surface area contributed by atoms with Crippen LogP contribution in [0.2, 0.25) is 0 Å². The number of ether oxygens (including phenoxy) is 6. The van der Waals surface area contributed by atoms with Crippen LogP contribution >= 0.6 is 0 Å². The van der Waals surface area contributed by atoms with Gasteiger partial charge in [-0.25, -0.2) is 0 Å². The molecule has 156 valence electrons. The van der Waals surface area contributed by atoms with Crippen molar-refractivity contribution in [2.75, 3.05) is 13.2 Å². The molecule has 0 aromatic carbocycles. The van der Waals surface area contributed by atoms with E-state index in [9.17, 15) is 24.4 Å². The summed E-state index contributed by atoms with van der Waals surface area (Å²) in [4.78, 5) is 45.8. The molecule has 1 fully saturated rings. The number of carbonyl (C=O) groups is 4. The highest BCUT2D eigenvalue weighted by Crippen LogP contribution is 2.29. The second kappa shape index (κ2) is 11.1. The van der Waals surface area contributed by atoms with Crippen LogP contribution in [0.4, 0.5) is 0 Å². The first-order valence-electron chi connectivity index (χ1n) is 8.13. The molecule has 0 spiro atoms. The summed E-state index contributed by atoms with van der Waals surface area (Å²) in [6.45, 7) is 3.65. The standard InChI is InChI=1S/C16H21NO11/c1-8(18)24-7-12-13(25-9(2)19)14(26-10(3)20)15(27-11(4)21)16(28-12)23-6-5-17-22/h12-16H,6-7H2,1-4H3/t12-,13-,14+,15-,16-/m1/s1. The molecule has 12 nitrogen and oxygen atoms in total. The molecule has 1 saturated heterocycles. The molecule has 1 heterocycles. The third kappa shape index (κ3) is 7.37. The zero-order chi connectivity index (χ0) is 21.3. The van der Waals surface area contributed by atoms with E-state index in [0.29, 0.717) is 0 Å². The van der Waals surface area contributed by atoms with E-state index >= 15 is 0 Å². The number of nitrogens with zero attached hydrogens (tertiary/aromatic N) is 1. The lowest BCUT2D eigenvalue weighted by Crippen LogP contribution is -2.62. The molecule has 0 aromatic heterocycles. The summed E-state index contributed by atoms with van der Waals surface area (Å²) in [7, 11) is 0. The molecule has 0 N–H and O–H groups in total. The van der Waals surface area contributed by atoms with Crippen molar-refractivity contribution in [2.45, 2.75) is 58.4 Å². The minimum absolute atomic E-state index is 0.378. The van der Waals surface area contributed by atoms with Crippen LogP contribution in [-0.2, 0) is 47.6 Å². The van der Waals surface area contributed by atoms with Crippen LogP contribution in [0.3, 0.4) is 0 Å². The monoisotopic (exact) mass is 403 g/mol. The lowest BCUT2D eigenvalue weighted by atomic mass is 9.98. The third-order valence-corrected chi connectivity index (χ3v) is 3.32. The van der Waals surface area contributed by atoms with E-state index in [-0.39, 0.29) is 6.61 Å². The number of carbonyl (C=O) groups excluding carboxylic acids is 4. The fourth-order valence-corrected chi connectivity index (χ4v) is 2.47. The van der Waals surface area contributed by atoms with Gasteiger partial charge in [0.25, 0.3) is 0 Å². The van der Waals surface area contributed by atoms with Crippen LogP contribution in [0.15, 0.2) is 0 Å². The molecule has 0 aromatic rings. The molecule has 28 heavy (non-hydrogen) atoms. The predicted octanol–water partition coefficient (Wildman–Crippen LogP) is -0.0832. The van der Waals surface area contributed by atoms with Gasteiger partial charge < -0.3 is 33.6 Å². The van der Waals surface area contributed by atoms with Crippen molar-refractivity contribution in [3.8, 4) is 6.07 Å². The van der Waals surface area contributed by atoms with E-state index in [0.717, 1.165) is 27.7 Å². The second-order valence-electron chi connectivity index (χ2n) is 5.63. The van der Waals surface area contributed by atoms with E-state index < -0.39 is 61.2 Å². The fraction of sp³-hybridized carbons (Fsp3) is 0.688. The minimum Gasteiger partial charge on any atom is -0.498 e. The number of rotatable bonds is 7. The van der Waals surface area contributed by atoms with Gasteiger partial charge >= 0.3 is 29.9 Å². The van der Waals surface area contributed by atoms with E-state index in [1.165, 1.54) is 0 Å². The first-order valence-corrected chi connectivity index (χ1v) is 8.13. The zero-order valence-electron chi connectivity index (χ0n) is 15.7. The summed E-state index contributed by atoms with van der Waals surface area (Å²) in [6, 6.07) is 1.98. The van der Waals surface area contributed by atoms with Crippen molar-refractivity contribution >= 4 is 23.9 Å². The van der Waals surface area contributed by atoms with Crippen LogP contribution in [0.25, 0.3) is 5.01 Å². The molecule has 1 aliphatic rings. The summed E-state index contributed by atoms with van der Waals surface area (Å²) in [5.74, 6) is -2.91. The molecule has 0 bridgehead atoms. The lowest BCUT2D eigenvalue weighted by molar-refractivity contribution is -0.305. The summed E-state index contributed by atoms with van der Waals surface area (Å²) >= 11 is 0. The molecule has 0 amide bonds. The van der Waals surface area contributed by atoms with E-state index in [2.05, 4.69) is 5.01 Å². The van der Waals surface area contributed by atoms with Crippen LogP contribution in [0.5, 0.6) is 0 Å². The van der Waals surface area contributed by atoms with E-state index in [1.807, 2.05) is 6.07 Å². The number of hydrogen-bond donors (Lipinski definition) is 0. The molecule has 0 radical (unpaired) electrons. The second-order valence-corrected chi connectivity index (χ2v) is 5.63. The van der Waals surface area contributed by atoms with Gasteiger partial charge in [-0.3, -0.25) is 19.2 Å². The summed E-state index contributed by atoms with van der Waals surface area (Å²) in [5, 5.41) is 12.6. The molecule has 5 atom stereocenters. The smallest absolute Gasteiger partial charge is 0.327 e. The minimum atomic E-state index is -1.37. The van der Waals surface area contributed by atoms with Crippen LogP contribution in [-0.4, -0.2) is 67.8 Å². The van der Waals surface area contributed by atoms with Gasteiger partial charge in [-0.15, -0.1) is 0 Å². The quantitative estimate of drug-likeness (QED) is 0.319. The molecular formula is C16H21NO11. The van der Waals surface area contributed by atoms with E-state index in [1.54, 1.807) is 0 Å². The average molecular weight is 403 g/mol. The molecule has 0 unspecified atom stereocenters. The van der Waals surface area contributed by atoms with Gasteiger partial charge in [-0.2, -0.15) is 0 Å². The Kier molecular flexibility index (Phi) is 9.13. The largest absolute Gasteiger partial charge is 0.498 e. The Morgan fingerprint density at radius 2 is 1.43 bits per heavy atom. The van der Waals surface area contributed by atoms with E-state index in [4.69, 9.17) is 28.4 Å². The van der Waals surface area contributed by atoms with Gasteiger partial charge in [0.2, 0.25) is 6.29 Å². The Bertz CT molecular complexity index is 653. The van der Waals surface area contributed by atoms with Gasteiger partial charge in [0.05, 0.1) is 0 Å². The fourth-order valence-electron chi connectivity index (χ4n) is 2.47. The normalized spacial score (nSPS) is 26.2. The highest BCUT2D eigenvalue weighted by molar-refractivity contribution is 5.68. The highest BCUT2D eigenvalue weighted by Gasteiger charge is 2.52. The molecule has 0 aliphatic carbocycles. The van der Waals surface area contributed by atoms with Crippen molar-refractivity contribution in [3.63, 3.8) is 0 Å². The lowest BCUT2D eigenvalue weighted by Gasteiger charge is -2.43. The molecule has 12 heteroatoms. The van der Waals surface area contributed by atoms with Crippen molar-refractivity contribution in [1.82, 2.24) is 0 Å². The van der Waals surface area contributed by atoms with Gasteiger partial charge in [0.1, 0.15) is 12.7 Å². The van der Waals surface area contributed by atoms with Gasteiger partial charge in [0.15, 0.2) is 24.9 Å². The van der Waals surface area contributed by atoms with Crippen molar-refractivity contribution in [3.05, 3.63) is 10.2 Å². The van der Waals surface area contributed by atoms with Crippen molar-refractivity contribution < 1.29 is 47.6 Å². The first kappa shape index (κ1) is 23.1. The van der Waals surface area contributed by atoms with Gasteiger partial charge in [0, 0.05) is 32.7 Å². The SMILES string of the molecule is CC(=O)OC[C@H]1O[C@@H](OCC#[N+][O-])[C@H](OC(C)=O)[C@@H](OC(C)=O)[C@@H]1OC(C)=O. The van der Waals surface area contributed by atoms with Gasteiger partial charge in [-0.1, -0.05) is 0 Å². The topological polar surface area (TPSA) is 151 Å². The molecule has 1 aliphatic heterocycles. The van der Waals surface area contributed by atoms with Crippen LogP contribution in [0, 0.1) is 11.3 Å². The Hall–Kier alpha value is -2.91. The zero-order valence-corrected chi connectivity index (χ0v) is 15.7. The average Bonchev–Trinajstić information content (AvgIpc) is 2.57. The first-order chi connectivity index (χ1) is 13.1. The number of esters is 4. The van der Waals surface area contributed by atoms with Crippen LogP contribution in [0.1, 0.15) is 27.7 Å². The Morgan fingerprint density at radius 3 is 1.93 bits per heavy atom. The highest BCUT2D eigenvalue weighted by atomic mass is 16.7. The summed E-state index contributed by atoms with van der Waals surface area (Å²) < 4.78 is 31.2. The predicted molar refractivity (Wildman–Crippen MR) is 88.5 cm³/mol. The summed E-state index contributed by atoms with van der Waals surface area (Å²) in [5.41, 5.74) is 0. The van der Waals surface area contributed by atoms with Crippen molar-refractivity contribution in [2.24, 2.45) is 0 Å². The summed E-state index contributed by atoms with van der Waals surface area (Å²) in [6.07, 6.45) is -6.46. The molecule has 0 saturated carbocycles. The molecule has 1 rings (SSSR count). The third-order valence-electron chi connectivity index (χ3n) is 3.32. The maximum atomic E-state index is 11.6. The van der Waals surface area contributed by atoms with Gasteiger partial charge in [-0.05, 0) is 0 Å². The van der Waals surface area contributed by atoms with Crippen molar-refractivity contribution in [1.29, 1.82) is 0 Å². The number of hydrogen-bond acceptors (Lipinski definition) is 11. The maximum absolute atomic E-state index is 11.6. The maximum Gasteiger partial charge on any atom is 0.327 e.